The van der Waals surface area contributed by atoms with Crippen molar-refractivity contribution in [2.75, 3.05) is 55.7 Å². The van der Waals surface area contributed by atoms with Crippen molar-refractivity contribution in [1.82, 2.24) is 25.1 Å². The van der Waals surface area contributed by atoms with Crippen molar-refractivity contribution in [2.24, 2.45) is 10.8 Å². The van der Waals surface area contributed by atoms with E-state index in [1.54, 1.807) is 6.20 Å². The number of fused-ring (bicyclic) bond motifs is 2. The first-order chi connectivity index (χ1) is 23.9. The summed E-state index contributed by atoms with van der Waals surface area (Å²) < 4.78 is 47.9. The summed E-state index contributed by atoms with van der Waals surface area (Å²) in [6, 6.07) is 6.00. The SMILES string of the molecule is C=CC(=O)N1CC2(CCN(c3nc(N4CC5(CC(O)C5)C4)nc4c(OCC(F)(F)F)c(-c5c(C)ccc6[nH]ncc56)c(C5CC5)cc34)CC2)C1. The van der Waals surface area contributed by atoms with Crippen molar-refractivity contribution >= 4 is 39.5 Å². The van der Waals surface area contributed by atoms with Gasteiger partial charge < -0.3 is 24.5 Å². The maximum atomic E-state index is 14.0. The predicted molar refractivity (Wildman–Crippen MR) is 183 cm³/mol. The number of ether oxygens (including phenoxy) is 1. The van der Waals surface area contributed by atoms with Gasteiger partial charge in [-0.05, 0) is 86.3 Å². The van der Waals surface area contributed by atoms with Crippen LogP contribution in [0.5, 0.6) is 5.75 Å². The first kappa shape index (κ1) is 31.6. The third-order valence-corrected chi connectivity index (χ3v) is 11.8. The number of amides is 1. The average molecular weight is 688 g/mol. The molecule has 5 fully saturated rings. The molecule has 0 radical (unpaired) electrons. The van der Waals surface area contributed by atoms with Crippen LogP contribution in [0.25, 0.3) is 32.9 Å². The minimum absolute atomic E-state index is 0.0268. The quantitative estimate of drug-likeness (QED) is 0.232. The van der Waals surface area contributed by atoms with E-state index in [9.17, 15) is 23.1 Å². The van der Waals surface area contributed by atoms with Gasteiger partial charge in [0.15, 0.2) is 12.4 Å². The molecule has 262 valence electrons. The topological polar surface area (TPSA) is 111 Å². The monoisotopic (exact) mass is 687 g/mol. The molecule has 9 rings (SSSR count). The highest BCUT2D eigenvalue weighted by atomic mass is 19.4. The summed E-state index contributed by atoms with van der Waals surface area (Å²) in [7, 11) is 0. The Bertz CT molecular complexity index is 2030. The van der Waals surface area contributed by atoms with Crippen molar-refractivity contribution in [2.45, 2.75) is 63.6 Å². The Kier molecular flexibility index (Phi) is 6.98. The summed E-state index contributed by atoms with van der Waals surface area (Å²) in [5, 5.41) is 18.9. The molecular weight excluding hydrogens is 647 g/mol. The van der Waals surface area contributed by atoms with E-state index >= 15 is 0 Å². The molecule has 10 nitrogen and oxygen atoms in total. The van der Waals surface area contributed by atoms with E-state index in [0.717, 1.165) is 66.1 Å². The lowest BCUT2D eigenvalue weighted by Gasteiger charge is -2.57. The molecule has 3 aliphatic heterocycles. The highest BCUT2D eigenvalue weighted by Crippen LogP contribution is 2.54. The number of aromatic nitrogens is 4. The number of H-pyrrole nitrogens is 1. The second kappa shape index (κ2) is 11.1. The molecule has 13 heteroatoms. The number of rotatable bonds is 7. The summed E-state index contributed by atoms with van der Waals surface area (Å²) in [4.78, 5) is 28.6. The molecule has 2 aromatic heterocycles. The van der Waals surface area contributed by atoms with Gasteiger partial charge >= 0.3 is 6.18 Å². The smallest absolute Gasteiger partial charge is 0.422 e. The van der Waals surface area contributed by atoms with Gasteiger partial charge in [-0.1, -0.05) is 12.6 Å². The van der Waals surface area contributed by atoms with E-state index in [1.165, 1.54) is 6.08 Å². The van der Waals surface area contributed by atoms with E-state index < -0.39 is 12.8 Å². The molecular formula is C37H40F3N7O3. The van der Waals surface area contributed by atoms with Crippen LogP contribution in [0.1, 0.15) is 55.6 Å². The van der Waals surface area contributed by atoms with Gasteiger partial charge in [0.1, 0.15) is 11.3 Å². The molecule has 2 N–H and O–H groups in total. The number of carbonyl (C=O) groups excluding carboxylic acids is 1. The number of alkyl halides is 3. The number of hydrogen-bond acceptors (Lipinski definition) is 8. The number of hydrogen-bond donors (Lipinski definition) is 2. The minimum atomic E-state index is -4.56. The first-order valence-corrected chi connectivity index (χ1v) is 17.5. The van der Waals surface area contributed by atoms with Gasteiger partial charge in [0.05, 0.1) is 17.8 Å². The fourth-order valence-electron chi connectivity index (χ4n) is 9.00. The third-order valence-electron chi connectivity index (χ3n) is 11.8. The van der Waals surface area contributed by atoms with Gasteiger partial charge in [0.25, 0.3) is 0 Å². The number of likely N-dealkylation sites (tertiary alicyclic amines) is 1. The lowest BCUT2D eigenvalue weighted by Crippen LogP contribution is -2.64. The van der Waals surface area contributed by atoms with Crippen LogP contribution in [-0.4, -0.2) is 94.2 Å². The number of piperidine rings is 1. The van der Waals surface area contributed by atoms with Crippen molar-refractivity contribution in [3.05, 3.63) is 48.2 Å². The van der Waals surface area contributed by atoms with Crippen LogP contribution in [-0.2, 0) is 4.79 Å². The fraction of sp³-hybridized carbons (Fsp3) is 0.514. The van der Waals surface area contributed by atoms with E-state index in [1.807, 2.05) is 24.0 Å². The second-order valence-corrected chi connectivity index (χ2v) is 15.5. The highest BCUT2D eigenvalue weighted by Gasteiger charge is 2.53. The maximum Gasteiger partial charge on any atom is 0.422 e. The number of aliphatic hydroxyl groups is 1. The van der Waals surface area contributed by atoms with Crippen LogP contribution in [0.15, 0.2) is 37.1 Å². The summed E-state index contributed by atoms with van der Waals surface area (Å²) in [5.41, 5.74) is 4.53. The Morgan fingerprint density at radius 3 is 2.46 bits per heavy atom. The molecule has 0 atom stereocenters. The summed E-state index contributed by atoms with van der Waals surface area (Å²) in [6.07, 6.45) is 3.28. The van der Waals surface area contributed by atoms with Gasteiger partial charge in [-0.2, -0.15) is 23.3 Å². The predicted octanol–water partition coefficient (Wildman–Crippen LogP) is 5.88. The first-order valence-electron chi connectivity index (χ1n) is 17.5. The van der Waals surface area contributed by atoms with Crippen molar-refractivity contribution < 1.29 is 27.8 Å². The molecule has 2 saturated carbocycles. The second-order valence-electron chi connectivity index (χ2n) is 15.5. The van der Waals surface area contributed by atoms with Crippen LogP contribution in [0, 0.1) is 17.8 Å². The van der Waals surface area contributed by atoms with E-state index in [0.29, 0.717) is 67.5 Å². The molecule has 3 saturated heterocycles. The van der Waals surface area contributed by atoms with Crippen LogP contribution in [0.4, 0.5) is 24.9 Å². The number of aliphatic hydroxyl groups excluding tert-OH is 1. The average Bonchev–Trinajstić information content (AvgIpc) is 3.78. The van der Waals surface area contributed by atoms with Crippen molar-refractivity contribution in [3.8, 4) is 16.9 Å². The van der Waals surface area contributed by atoms with Gasteiger partial charge in [-0.25, -0.2) is 4.98 Å². The lowest BCUT2D eigenvalue weighted by atomic mass is 9.62. The Hall–Kier alpha value is -4.39. The third kappa shape index (κ3) is 5.18. The number of carbonyl (C=O) groups is 1. The molecule has 2 aliphatic carbocycles. The van der Waals surface area contributed by atoms with Crippen LogP contribution < -0.4 is 14.5 Å². The highest BCUT2D eigenvalue weighted by molar-refractivity contribution is 6.06. The van der Waals surface area contributed by atoms with Crippen LogP contribution in [0.2, 0.25) is 0 Å². The minimum Gasteiger partial charge on any atom is -0.481 e. The largest absolute Gasteiger partial charge is 0.481 e. The Morgan fingerprint density at radius 1 is 1.06 bits per heavy atom. The molecule has 5 aliphatic rings. The van der Waals surface area contributed by atoms with Crippen molar-refractivity contribution in [1.29, 1.82) is 0 Å². The number of benzene rings is 2. The van der Waals surface area contributed by atoms with E-state index in [4.69, 9.17) is 14.7 Å². The Morgan fingerprint density at radius 2 is 1.80 bits per heavy atom. The van der Waals surface area contributed by atoms with E-state index in [2.05, 4.69) is 32.6 Å². The van der Waals surface area contributed by atoms with E-state index in [-0.39, 0.29) is 34.5 Å². The number of anilines is 2. The van der Waals surface area contributed by atoms with Gasteiger partial charge in [0, 0.05) is 66.4 Å². The van der Waals surface area contributed by atoms with Gasteiger partial charge in [0.2, 0.25) is 11.9 Å². The van der Waals surface area contributed by atoms with Crippen LogP contribution in [0.3, 0.4) is 0 Å². The summed E-state index contributed by atoms with van der Waals surface area (Å²) >= 11 is 0. The van der Waals surface area contributed by atoms with Crippen LogP contribution >= 0.6 is 0 Å². The molecule has 0 unspecified atom stereocenters. The standard InChI is InChI=1S/C37H40F3N7O3/c1-3-28(49)46-16-35(17-46)8-10-45(11-9-35)33-25-12-24(22-5-6-22)30(29-21(2)4-7-27-26(29)15-41-44-27)32(50-20-37(38,39)40)31(25)42-34(43-33)47-18-36(19-47)13-23(48)14-36/h3-4,7,12,15,22-23,48H,1,5-6,8-11,13-14,16-20H2,2H3,(H,41,44). The molecule has 2 aromatic carbocycles. The Labute approximate surface area is 287 Å². The summed E-state index contributed by atoms with van der Waals surface area (Å²) in [6.45, 7) is 8.31. The van der Waals surface area contributed by atoms with Crippen molar-refractivity contribution in [3.63, 3.8) is 0 Å². The lowest BCUT2D eigenvalue weighted by molar-refractivity contribution is -0.153. The molecule has 1 amide bonds. The molecule has 4 aromatic rings. The zero-order valence-corrected chi connectivity index (χ0v) is 28.0. The fourth-order valence-corrected chi connectivity index (χ4v) is 9.00. The number of halogens is 3. The van der Waals surface area contributed by atoms with Gasteiger partial charge in [-0.3, -0.25) is 9.89 Å². The molecule has 0 bridgehead atoms. The summed E-state index contributed by atoms with van der Waals surface area (Å²) in [5.74, 6) is 1.42. The normalized spacial score (nSPS) is 21.4. The number of nitrogens with zero attached hydrogens (tertiary/aromatic N) is 6. The molecule has 5 heterocycles. The Balaban J connectivity index is 1.20. The number of nitrogens with one attached hydrogen (secondary N) is 1. The zero-order valence-electron chi connectivity index (χ0n) is 28.0. The number of aryl methyl sites for hydroxylation is 1. The molecule has 2 spiro atoms. The maximum absolute atomic E-state index is 14.0. The molecule has 50 heavy (non-hydrogen) atoms. The number of aromatic amines is 1. The zero-order chi connectivity index (χ0) is 34.6. The van der Waals surface area contributed by atoms with Gasteiger partial charge in [-0.15, -0.1) is 0 Å².